The maximum Gasteiger partial charge on any atom is 0.191 e. The van der Waals surface area contributed by atoms with Gasteiger partial charge in [-0.15, -0.1) is 24.0 Å². The molecule has 25 heavy (non-hydrogen) atoms. The number of aliphatic imine (C=N–C) groups is 1. The largest absolute Gasteiger partial charge is 0.356 e. The van der Waals surface area contributed by atoms with E-state index in [2.05, 4.69) is 63.8 Å². The summed E-state index contributed by atoms with van der Waals surface area (Å²) in [7, 11) is 1.82. The molecule has 2 heterocycles. The quantitative estimate of drug-likeness (QED) is 0.423. The molecule has 1 aliphatic rings. The molecule has 0 saturated heterocycles. The summed E-state index contributed by atoms with van der Waals surface area (Å²) in [5.41, 5.74) is 2.65. The van der Waals surface area contributed by atoms with Crippen molar-refractivity contribution in [2.24, 2.45) is 4.99 Å². The Balaban J connectivity index is 0.00000225. The maximum absolute atomic E-state index is 4.36. The van der Waals surface area contributed by atoms with Crippen molar-refractivity contribution in [2.45, 2.75) is 45.2 Å². The van der Waals surface area contributed by atoms with Crippen LogP contribution < -0.4 is 10.6 Å². The Morgan fingerprint density at radius 3 is 3.04 bits per heavy atom. The summed E-state index contributed by atoms with van der Waals surface area (Å²) >= 11 is 0. The van der Waals surface area contributed by atoms with E-state index in [4.69, 9.17) is 0 Å². The number of benzene rings is 1. The second-order valence-electron chi connectivity index (χ2n) is 6.51. The van der Waals surface area contributed by atoms with Gasteiger partial charge in [0.25, 0.3) is 0 Å². The minimum absolute atomic E-state index is 0. The molecule has 0 bridgehead atoms. The Kier molecular flexibility index (Phi) is 7.22. The smallest absolute Gasteiger partial charge is 0.191 e. The molecule has 2 atom stereocenters. The number of hydrogen-bond donors (Lipinski definition) is 2. The van der Waals surface area contributed by atoms with E-state index < -0.39 is 0 Å². The summed E-state index contributed by atoms with van der Waals surface area (Å²) in [5.74, 6) is 2.35. The zero-order valence-electron chi connectivity index (χ0n) is 15.1. The molecule has 2 aromatic rings. The van der Waals surface area contributed by atoms with E-state index in [-0.39, 0.29) is 24.0 Å². The topological polar surface area (TPSA) is 67.1 Å². The van der Waals surface area contributed by atoms with Gasteiger partial charge in [-0.25, -0.2) is 9.67 Å². The summed E-state index contributed by atoms with van der Waals surface area (Å²) in [6.45, 7) is 6.05. The van der Waals surface area contributed by atoms with Crippen LogP contribution in [0.25, 0.3) is 0 Å². The van der Waals surface area contributed by atoms with Crippen LogP contribution in [0.2, 0.25) is 0 Å². The minimum Gasteiger partial charge on any atom is -0.356 e. The van der Waals surface area contributed by atoms with Crippen LogP contribution in [-0.4, -0.2) is 40.4 Å². The van der Waals surface area contributed by atoms with Crippen LogP contribution in [0.5, 0.6) is 0 Å². The average molecular weight is 454 g/mol. The average Bonchev–Trinajstić information content (AvgIpc) is 3.06. The van der Waals surface area contributed by atoms with E-state index in [1.54, 1.807) is 6.33 Å². The highest BCUT2D eigenvalue weighted by Gasteiger charge is 2.20. The number of nitrogens with one attached hydrogen (secondary N) is 2. The van der Waals surface area contributed by atoms with Crippen LogP contribution in [0.3, 0.4) is 0 Å². The molecule has 0 amide bonds. The molecule has 1 aromatic heterocycles. The van der Waals surface area contributed by atoms with E-state index >= 15 is 0 Å². The Morgan fingerprint density at radius 1 is 1.44 bits per heavy atom. The second kappa shape index (κ2) is 9.17. The number of halogens is 1. The predicted octanol–water partition coefficient (Wildman–Crippen LogP) is 2.49. The van der Waals surface area contributed by atoms with E-state index in [0.717, 1.165) is 37.7 Å². The van der Waals surface area contributed by atoms with Crippen molar-refractivity contribution in [3.05, 3.63) is 47.5 Å². The molecule has 0 fully saturated rings. The first-order valence-corrected chi connectivity index (χ1v) is 8.56. The van der Waals surface area contributed by atoms with Gasteiger partial charge in [0.2, 0.25) is 0 Å². The maximum atomic E-state index is 4.36. The van der Waals surface area contributed by atoms with Gasteiger partial charge in [0.15, 0.2) is 5.96 Å². The first-order chi connectivity index (χ1) is 11.7. The summed E-state index contributed by atoms with van der Waals surface area (Å²) in [4.78, 5) is 8.63. The van der Waals surface area contributed by atoms with Crippen LogP contribution in [0.15, 0.2) is 35.6 Å². The lowest BCUT2D eigenvalue weighted by atomic mass is 9.99. The van der Waals surface area contributed by atoms with Crippen LogP contribution in [0.4, 0.5) is 0 Å². The standard InChI is InChI=1S/C18H26N6.HI/c1-13-5-4-6-15(9-13)14(2)10-20-18(19-3)23-16-7-8-17-21-12-22-24(17)11-16;/h4-6,9,12,14,16H,7-8,10-11H2,1-3H3,(H2,19,20,23);1H. The van der Waals surface area contributed by atoms with E-state index in [0.29, 0.717) is 12.0 Å². The molecule has 2 unspecified atom stereocenters. The zero-order valence-corrected chi connectivity index (χ0v) is 17.4. The fourth-order valence-electron chi connectivity index (χ4n) is 3.09. The molecule has 136 valence electrons. The van der Waals surface area contributed by atoms with Crippen molar-refractivity contribution in [1.29, 1.82) is 0 Å². The van der Waals surface area contributed by atoms with Gasteiger partial charge in [0, 0.05) is 26.1 Å². The molecular formula is C18H27IN6. The Hall–Kier alpha value is -1.64. The summed E-state index contributed by atoms with van der Waals surface area (Å²) in [6, 6.07) is 9.01. The highest BCUT2D eigenvalue weighted by Crippen LogP contribution is 2.15. The second-order valence-corrected chi connectivity index (χ2v) is 6.51. The zero-order chi connectivity index (χ0) is 16.9. The number of fused-ring (bicyclic) bond motifs is 1. The molecule has 7 heteroatoms. The normalized spacial score (nSPS) is 18.0. The third-order valence-electron chi connectivity index (χ3n) is 4.56. The number of hydrogen-bond acceptors (Lipinski definition) is 3. The third-order valence-corrected chi connectivity index (χ3v) is 4.56. The van der Waals surface area contributed by atoms with Gasteiger partial charge in [-0.1, -0.05) is 36.8 Å². The van der Waals surface area contributed by atoms with Gasteiger partial charge in [-0.3, -0.25) is 4.99 Å². The Morgan fingerprint density at radius 2 is 2.28 bits per heavy atom. The first kappa shape index (κ1) is 19.7. The highest BCUT2D eigenvalue weighted by atomic mass is 127. The molecule has 6 nitrogen and oxygen atoms in total. The summed E-state index contributed by atoms with van der Waals surface area (Å²) in [5, 5.41) is 11.2. The van der Waals surface area contributed by atoms with Gasteiger partial charge >= 0.3 is 0 Å². The van der Waals surface area contributed by atoms with Crippen LogP contribution >= 0.6 is 24.0 Å². The lowest BCUT2D eigenvalue weighted by Gasteiger charge is -2.26. The number of guanidine groups is 1. The van der Waals surface area contributed by atoms with Crippen LogP contribution in [0, 0.1) is 6.92 Å². The molecule has 3 rings (SSSR count). The van der Waals surface area contributed by atoms with Gasteiger partial charge in [0.1, 0.15) is 12.2 Å². The molecular weight excluding hydrogens is 427 g/mol. The van der Waals surface area contributed by atoms with E-state index in [1.165, 1.54) is 11.1 Å². The third kappa shape index (κ3) is 5.17. The number of nitrogens with zero attached hydrogens (tertiary/aromatic N) is 4. The van der Waals surface area contributed by atoms with Crippen LogP contribution in [0.1, 0.15) is 36.2 Å². The van der Waals surface area contributed by atoms with E-state index in [1.807, 2.05) is 11.7 Å². The van der Waals surface area contributed by atoms with E-state index in [9.17, 15) is 0 Å². The fourth-order valence-corrected chi connectivity index (χ4v) is 3.09. The molecule has 0 spiro atoms. The van der Waals surface area contributed by atoms with Crippen molar-refractivity contribution < 1.29 is 0 Å². The molecule has 2 N–H and O–H groups in total. The van der Waals surface area contributed by atoms with Gasteiger partial charge in [0.05, 0.1) is 6.54 Å². The highest BCUT2D eigenvalue weighted by molar-refractivity contribution is 14.0. The molecule has 1 aromatic carbocycles. The van der Waals surface area contributed by atoms with Crippen LogP contribution in [-0.2, 0) is 13.0 Å². The molecule has 1 aliphatic heterocycles. The number of rotatable bonds is 4. The SMILES string of the molecule is CN=C(NCC(C)c1cccc(C)c1)NC1CCc2ncnn2C1.I. The monoisotopic (exact) mass is 454 g/mol. The van der Waals surface area contributed by atoms with Gasteiger partial charge in [-0.05, 0) is 24.8 Å². The van der Waals surface area contributed by atoms with Gasteiger partial charge in [-0.2, -0.15) is 5.10 Å². The summed E-state index contributed by atoms with van der Waals surface area (Å²) < 4.78 is 1.98. The van der Waals surface area contributed by atoms with Crippen molar-refractivity contribution in [3.8, 4) is 0 Å². The molecule has 0 aliphatic carbocycles. The predicted molar refractivity (Wildman–Crippen MR) is 112 cm³/mol. The summed E-state index contributed by atoms with van der Waals surface area (Å²) in [6.07, 6.45) is 3.63. The first-order valence-electron chi connectivity index (χ1n) is 8.56. The lowest BCUT2D eigenvalue weighted by molar-refractivity contribution is 0.392. The van der Waals surface area contributed by atoms with Crippen molar-refractivity contribution in [1.82, 2.24) is 25.4 Å². The molecule has 0 saturated carbocycles. The van der Waals surface area contributed by atoms with Crippen molar-refractivity contribution in [3.63, 3.8) is 0 Å². The lowest BCUT2D eigenvalue weighted by Crippen LogP contribution is -2.47. The Labute approximate surface area is 166 Å². The van der Waals surface area contributed by atoms with Crippen molar-refractivity contribution >= 4 is 29.9 Å². The minimum atomic E-state index is 0. The fraction of sp³-hybridized carbons (Fsp3) is 0.500. The number of aryl methyl sites for hydroxylation is 2. The number of aromatic nitrogens is 3. The molecule has 0 radical (unpaired) electrons. The Bertz CT molecular complexity index is 711. The van der Waals surface area contributed by atoms with Crippen molar-refractivity contribution in [2.75, 3.05) is 13.6 Å². The van der Waals surface area contributed by atoms with Gasteiger partial charge < -0.3 is 10.6 Å².